The second kappa shape index (κ2) is 6.72. The summed E-state index contributed by atoms with van der Waals surface area (Å²) in [4.78, 5) is 11.8. The summed E-state index contributed by atoms with van der Waals surface area (Å²) in [6, 6.07) is 4.40. The molecule has 0 radical (unpaired) electrons. The predicted molar refractivity (Wildman–Crippen MR) is 80.0 cm³/mol. The van der Waals surface area contributed by atoms with Gasteiger partial charge in [0.2, 0.25) is 0 Å². The fourth-order valence-corrected chi connectivity index (χ4v) is 2.23. The van der Waals surface area contributed by atoms with Crippen LogP contribution in [0.15, 0.2) is 36.7 Å². The minimum Gasteiger partial charge on any atom is -0.335 e. The maximum Gasteiger partial charge on any atom is 0.416 e. The average molecular weight is 326 g/mol. The van der Waals surface area contributed by atoms with Gasteiger partial charge in [0, 0.05) is 19.3 Å². The number of aromatic nitrogens is 2. The van der Waals surface area contributed by atoms with Gasteiger partial charge in [0.15, 0.2) is 0 Å². The zero-order chi connectivity index (χ0) is 17.0. The number of nitrogens with zero attached hydrogens (tertiary/aromatic N) is 2. The monoisotopic (exact) mass is 326 g/mol. The molecular formula is C15H17F3N4O. The standard InChI is InChI=1S/C15H17F3N4O/c1-10(20-14(23)21-12-8-19-22(2)9-12)7-11-5-3-4-6-13(11)15(16,17)18/h3-6,8-10H,7H2,1-2H3,(H2,20,21,23). The van der Waals surface area contributed by atoms with Crippen molar-refractivity contribution >= 4 is 11.7 Å². The van der Waals surface area contributed by atoms with Gasteiger partial charge in [0.25, 0.3) is 0 Å². The number of halogens is 3. The molecule has 0 fully saturated rings. The van der Waals surface area contributed by atoms with Gasteiger partial charge in [-0.25, -0.2) is 4.79 Å². The van der Waals surface area contributed by atoms with Gasteiger partial charge in [-0.05, 0) is 25.0 Å². The van der Waals surface area contributed by atoms with Crippen LogP contribution in [0.5, 0.6) is 0 Å². The van der Waals surface area contributed by atoms with Crippen LogP contribution in [-0.4, -0.2) is 21.9 Å². The van der Waals surface area contributed by atoms with Gasteiger partial charge < -0.3 is 10.6 Å². The highest BCUT2D eigenvalue weighted by atomic mass is 19.4. The van der Waals surface area contributed by atoms with Gasteiger partial charge in [-0.2, -0.15) is 18.3 Å². The van der Waals surface area contributed by atoms with E-state index in [1.165, 1.54) is 23.0 Å². The van der Waals surface area contributed by atoms with Crippen molar-refractivity contribution in [2.75, 3.05) is 5.32 Å². The number of amides is 2. The van der Waals surface area contributed by atoms with Gasteiger partial charge in [0.1, 0.15) is 0 Å². The van der Waals surface area contributed by atoms with Gasteiger partial charge in [-0.3, -0.25) is 4.68 Å². The van der Waals surface area contributed by atoms with Gasteiger partial charge in [-0.1, -0.05) is 18.2 Å². The molecule has 0 aliphatic rings. The molecular weight excluding hydrogens is 309 g/mol. The number of hydrogen-bond donors (Lipinski definition) is 2. The third-order valence-electron chi connectivity index (χ3n) is 3.19. The lowest BCUT2D eigenvalue weighted by atomic mass is 10.0. The average Bonchev–Trinajstić information content (AvgIpc) is 2.83. The molecule has 2 aromatic rings. The maximum absolute atomic E-state index is 12.9. The minimum atomic E-state index is -4.41. The molecule has 1 aromatic carbocycles. The zero-order valence-corrected chi connectivity index (χ0v) is 12.7. The number of rotatable bonds is 4. The van der Waals surface area contributed by atoms with E-state index in [1.54, 1.807) is 26.2 Å². The quantitative estimate of drug-likeness (QED) is 0.906. The number of hydrogen-bond acceptors (Lipinski definition) is 2. The van der Waals surface area contributed by atoms with Crippen LogP contribution >= 0.6 is 0 Å². The molecule has 0 saturated heterocycles. The Kier molecular flexibility index (Phi) is 4.92. The van der Waals surface area contributed by atoms with E-state index in [0.717, 1.165) is 6.07 Å². The number of anilines is 1. The van der Waals surface area contributed by atoms with E-state index in [1.807, 2.05) is 0 Å². The Balaban J connectivity index is 1.97. The fraction of sp³-hybridized carbons (Fsp3) is 0.333. The van der Waals surface area contributed by atoms with Crippen LogP contribution in [0.2, 0.25) is 0 Å². The summed E-state index contributed by atoms with van der Waals surface area (Å²) in [5, 5.41) is 9.08. The molecule has 1 atom stereocenters. The van der Waals surface area contributed by atoms with Crippen LogP contribution < -0.4 is 10.6 Å². The number of urea groups is 1. The summed E-state index contributed by atoms with van der Waals surface area (Å²) in [6.45, 7) is 1.65. The van der Waals surface area contributed by atoms with Crippen LogP contribution in [0.4, 0.5) is 23.7 Å². The minimum absolute atomic E-state index is 0.0795. The Morgan fingerprint density at radius 1 is 1.35 bits per heavy atom. The molecule has 0 aliphatic heterocycles. The second-order valence-electron chi connectivity index (χ2n) is 5.26. The van der Waals surface area contributed by atoms with Crippen LogP contribution in [0, 0.1) is 0 Å². The molecule has 0 aliphatic carbocycles. The molecule has 1 unspecified atom stereocenters. The molecule has 0 bridgehead atoms. The summed E-state index contributed by atoms with van der Waals surface area (Å²) in [5.41, 5.74) is -0.0246. The van der Waals surface area contributed by atoms with Crippen molar-refractivity contribution in [3.05, 3.63) is 47.8 Å². The Labute approximate surface area is 131 Å². The third kappa shape index (κ3) is 4.73. The van der Waals surface area contributed by atoms with Crippen molar-refractivity contribution in [3.63, 3.8) is 0 Å². The largest absolute Gasteiger partial charge is 0.416 e. The van der Waals surface area contributed by atoms with Crippen LogP contribution in [0.3, 0.4) is 0 Å². The summed E-state index contributed by atoms with van der Waals surface area (Å²) in [6.07, 6.45) is -1.24. The van der Waals surface area contributed by atoms with Crippen LogP contribution in [-0.2, 0) is 19.6 Å². The van der Waals surface area contributed by atoms with Crippen LogP contribution in [0.1, 0.15) is 18.1 Å². The lowest BCUT2D eigenvalue weighted by Crippen LogP contribution is -2.37. The molecule has 1 aromatic heterocycles. The van der Waals surface area contributed by atoms with Gasteiger partial charge >= 0.3 is 12.2 Å². The van der Waals surface area contributed by atoms with Crippen molar-refractivity contribution in [1.82, 2.24) is 15.1 Å². The number of alkyl halides is 3. The fourth-order valence-electron chi connectivity index (χ4n) is 2.23. The first-order valence-corrected chi connectivity index (χ1v) is 6.97. The van der Waals surface area contributed by atoms with E-state index in [4.69, 9.17) is 0 Å². The first-order valence-electron chi connectivity index (χ1n) is 6.97. The molecule has 0 spiro atoms. The Morgan fingerprint density at radius 2 is 2.04 bits per heavy atom. The van der Waals surface area contributed by atoms with Gasteiger partial charge in [0.05, 0.1) is 17.4 Å². The smallest absolute Gasteiger partial charge is 0.335 e. The van der Waals surface area contributed by atoms with Gasteiger partial charge in [-0.15, -0.1) is 0 Å². The molecule has 2 N–H and O–H groups in total. The van der Waals surface area contributed by atoms with Crippen molar-refractivity contribution in [1.29, 1.82) is 0 Å². The first-order chi connectivity index (χ1) is 10.8. The molecule has 1 heterocycles. The van der Waals surface area contributed by atoms with Crippen molar-refractivity contribution in [3.8, 4) is 0 Å². The Hall–Kier alpha value is -2.51. The summed E-state index contributed by atoms with van der Waals surface area (Å²) < 4.78 is 40.4. The van der Waals surface area contributed by atoms with E-state index in [0.29, 0.717) is 5.69 Å². The SMILES string of the molecule is CC(Cc1ccccc1C(F)(F)F)NC(=O)Nc1cnn(C)c1. The predicted octanol–water partition coefficient (Wildman–Crippen LogP) is 3.19. The number of carbonyl (C=O) groups is 1. The molecule has 0 saturated carbocycles. The topological polar surface area (TPSA) is 59.0 Å². The Morgan fingerprint density at radius 3 is 2.65 bits per heavy atom. The van der Waals surface area contributed by atoms with Crippen molar-refractivity contribution < 1.29 is 18.0 Å². The lowest BCUT2D eigenvalue weighted by Gasteiger charge is -2.17. The molecule has 2 rings (SSSR count). The molecule has 23 heavy (non-hydrogen) atoms. The zero-order valence-electron chi connectivity index (χ0n) is 12.7. The highest BCUT2D eigenvalue weighted by molar-refractivity contribution is 5.89. The number of carbonyl (C=O) groups excluding carboxylic acids is 1. The number of benzene rings is 1. The van der Waals surface area contributed by atoms with Crippen molar-refractivity contribution in [2.24, 2.45) is 7.05 Å². The van der Waals surface area contributed by atoms with E-state index in [9.17, 15) is 18.0 Å². The molecule has 124 valence electrons. The second-order valence-corrected chi connectivity index (χ2v) is 5.26. The summed E-state index contributed by atoms with van der Waals surface area (Å²) >= 11 is 0. The van der Waals surface area contributed by atoms with E-state index < -0.39 is 23.8 Å². The number of aryl methyl sites for hydroxylation is 1. The van der Waals surface area contributed by atoms with Crippen LogP contribution in [0.25, 0.3) is 0 Å². The lowest BCUT2D eigenvalue weighted by molar-refractivity contribution is -0.138. The normalized spacial score (nSPS) is 12.7. The molecule has 8 heteroatoms. The van der Waals surface area contributed by atoms with Crippen molar-refractivity contribution in [2.45, 2.75) is 25.6 Å². The first kappa shape index (κ1) is 16.9. The third-order valence-corrected chi connectivity index (χ3v) is 3.19. The Bertz CT molecular complexity index is 681. The van der Waals surface area contributed by atoms with E-state index in [2.05, 4.69) is 15.7 Å². The van der Waals surface area contributed by atoms with E-state index >= 15 is 0 Å². The molecule has 5 nitrogen and oxygen atoms in total. The van der Waals surface area contributed by atoms with E-state index in [-0.39, 0.29) is 12.0 Å². The summed E-state index contributed by atoms with van der Waals surface area (Å²) in [5.74, 6) is 0. The highest BCUT2D eigenvalue weighted by Gasteiger charge is 2.33. The highest BCUT2D eigenvalue weighted by Crippen LogP contribution is 2.32. The number of nitrogens with one attached hydrogen (secondary N) is 2. The maximum atomic E-state index is 12.9. The molecule has 2 amide bonds. The summed E-state index contributed by atoms with van der Waals surface area (Å²) in [7, 11) is 1.71.